The summed E-state index contributed by atoms with van der Waals surface area (Å²) in [5.41, 5.74) is 6.07. The van der Waals surface area contributed by atoms with E-state index in [0.717, 1.165) is 6.07 Å². The van der Waals surface area contributed by atoms with Crippen molar-refractivity contribution in [1.82, 2.24) is 0 Å². The van der Waals surface area contributed by atoms with Crippen LogP contribution in [0.25, 0.3) is 22.3 Å². The van der Waals surface area contributed by atoms with Crippen molar-refractivity contribution in [1.29, 1.82) is 0 Å². The molecule has 0 aliphatic carbocycles. The number of nitro groups is 1. The molecule has 0 radical (unpaired) electrons. The fourth-order valence-electron chi connectivity index (χ4n) is 2.58. The molecule has 0 bridgehead atoms. The number of hydrogen-bond acceptors (Lipinski definition) is 7. The summed E-state index contributed by atoms with van der Waals surface area (Å²) in [7, 11) is 0. The number of carbonyl (C=O) groups is 1. The highest BCUT2D eigenvalue weighted by atomic mass is 16.6. The van der Waals surface area contributed by atoms with Gasteiger partial charge in [0.2, 0.25) is 0 Å². The second kappa shape index (κ2) is 6.16. The molecule has 1 heterocycles. The van der Waals surface area contributed by atoms with Gasteiger partial charge < -0.3 is 20.0 Å². The van der Waals surface area contributed by atoms with Crippen LogP contribution < -0.4 is 5.73 Å². The lowest BCUT2D eigenvalue weighted by Crippen LogP contribution is -2.06. The van der Waals surface area contributed by atoms with E-state index in [1.54, 1.807) is 31.2 Å². The normalized spacial score (nSPS) is 10.8. The number of aromatic hydroxyl groups is 1. The van der Waals surface area contributed by atoms with Crippen LogP contribution in [0, 0.1) is 10.1 Å². The zero-order valence-corrected chi connectivity index (χ0v) is 13.2. The average molecular weight is 342 g/mol. The number of benzene rings is 2. The minimum absolute atomic E-state index is 0.0826. The summed E-state index contributed by atoms with van der Waals surface area (Å²) in [4.78, 5) is 23.1. The molecule has 128 valence electrons. The summed E-state index contributed by atoms with van der Waals surface area (Å²) in [6, 6.07) is 8.99. The van der Waals surface area contributed by atoms with Crippen molar-refractivity contribution in [2.24, 2.45) is 0 Å². The molecule has 3 aromatic rings. The number of furan rings is 1. The molecule has 0 atom stereocenters. The van der Waals surface area contributed by atoms with E-state index in [1.807, 2.05) is 0 Å². The largest absolute Gasteiger partial charge is 0.502 e. The quantitative estimate of drug-likeness (QED) is 0.321. The van der Waals surface area contributed by atoms with Gasteiger partial charge in [-0.05, 0) is 43.3 Å². The van der Waals surface area contributed by atoms with Crippen molar-refractivity contribution in [3.05, 3.63) is 52.1 Å². The number of anilines is 1. The minimum Gasteiger partial charge on any atom is -0.502 e. The molecular weight excluding hydrogens is 328 g/mol. The summed E-state index contributed by atoms with van der Waals surface area (Å²) in [5, 5.41) is 21.2. The molecule has 0 unspecified atom stereocenters. The fourth-order valence-corrected chi connectivity index (χ4v) is 2.58. The number of carbonyl (C=O) groups excluding carboxylic acids is 1. The first-order chi connectivity index (χ1) is 11.9. The zero-order valence-electron chi connectivity index (χ0n) is 13.2. The Balaban J connectivity index is 2.39. The molecule has 3 rings (SSSR count). The number of rotatable bonds is 4. The molecule has 0 amide bonds. The molecule has 1 aromatic heterocycles. The van der Waals surface area contributed by atoms with Gasteiger partial charge in [-0.2, -0.15) is 0 Å². The highest BCUT2D eigenvalue weighted by molar-refractivity contribution is 6.12. The van der Waals surface area contributed by atoms with E-state index in [-0.39, 0.29) is 28.9 Å². The Morgan fingerprint density at radius 3 is 2.56 bits per heavy atom. The van der Waals surface area contributed by atoms with Crippen LogP contribution in [0.4, 0.5) is 11.4 Å². The number of nitro benzene ring substituents is 1. The standard InChI is InChI=1S/C17H14N2O6/c1-2-24-17(21)14-13-12(8-7-11(20)15(13)19(22)23)25-16(14)9-3-5-10(18)6-4-9/h3-8,20H,2,18H2,1H3. The zero-order chi connectivity index (χ0) is 18.1. The molecule has 8 heteroatoms. The van der Waals surface area contributed by atoms with Crippen LogP contribution in [0.2, 0.25) is 0 Å². The highest BCUT2D eigenvalue weighted by Gasteiger charge is 2.31. The van der Waals surface area contributed by atoms with E-state index < -0.39 is 22.3 Å². The first-order valence-electron chi connectivity index (χ1n) is 7.40. The third-order valence-corrected chi connectivity index (χ3v) is 3.64. The van der Waals surface area contributed by atoms with Gasteiger partial charge in [0.15, 0.2) is 5.75 Å². The number of hydrogen-bond donors (Lipinski definition) is 2. The van der Waals surface area contributed by atoms with E-state index in [0.29, 0.717) is 11.3 Å². The molecule has 25 heavy (non-hydrogen) atoms. The molecule has 8 nitrogen and oxygen atoms in total. The van der Waals surface area contributed by atoms with Crippen LogP contribution in [-0.2, 0) is 4.74 Å². The van der Waals surface area contributed by atoms with E-state index >= 15 is 0 Å². The van der Waals surface area contributed by atoms with Gasteiger partial charge in [-0.15, -0.1) is 0 Å². The van der Waals surface area contributed by atoms with E-state index in [9.17, 15) is 20.0 Å². The first kappa shape index (κ1) is 16.3. The second-order valence-corrected chi connectivity index (χ2v) is 5.21. The maximum atomic E-state index is 12.5. The van der Waals surface area contributed by atoms with Crippen LogP contribution in [0.5, 0.6) is 5.75 Å². The van der Waals surface area contributed by atoms with Gasteiger partial charge in [0, 0.05) is 11.3 Å². The number of phenols is 1. The maximum Gasteiger partial charge on any atom is 0.342 e. The molecule has 0 spiro atoms. The van der Waals surface area contributed by atoms with Gasteiger partial charge in [0.25, 0.3) is 0 Å². The Bertz CT molecular complexity index is 975. The monoisotopic (exact) mass is 342 g/mol. The summed E-state index contributed by atoms with van der Waals surface area (Å²) >= 11 is 0. The number of nitrogen functional groups attached to an aromatic ring is 1. The molecule has 0 saturated heterocycles. The summed E-state index contributed by atoms with van der Waals surface area (Å²) in [6.07, 6.45) is 0. The summed E-state index contributed by atoms with van der Waals surface area (Å²) in [6.45, 7) is 1.70. The average Bonchev–Trinajstić information content (AvgIpc) is 2.94. The Labute approximate surface area is 141 Å². The lowest BCUT2D eigenvalue weighted by atomic mass is 10.0. The summed E-state index contributed by atoms with van der Waals surface area (Å²) in [5.74, 6) is -1.23. The Kier molecular flexibility index (Phi) is 4.02. The number of nitrogens with zero attached hydrogens (tertiary/aromatic N) is 1. The molecule has 0 aliphatic rings. The van der Waals surface area contributed by atoms with E-state index in [4.69, 9.17) is 14.9 Å². The predicted octanol–water partition coefficient (Wildman–Crippen LogP) is 3.47. The smallest absolute Gasteiger partial charge is 0.342 e. The highest BCUT2D eigenvalue weighted by Crippen LogP contribution is 2.42. The third kappa shape index (κ3) is 2.74. The van der Waals surface area contributed by atoms with Gasteiger partial charge >= 0.3 is 11.7 Å². The number of fused-ring (bicyclic) bond motifs is 1. The number of phenolic OH excluding ortho intramolecular Hbond substituents is 1. The molecular formula is C17H14N2O6. The number of nitrogens with two attached hydrogens (primary N) is 1. The van der Waals surface area contributed by atoms with Crippen molar-refractivity contribution in [3.63, 3.8) is 0 Å². The van der Waals surface area contributed by atoms with Crippen molar-refractivity contribution in [3.8, 4) is 17.1 Å². The Hall–Kier alpha value is -3.55. The lowest BCUT2D eigenvalue weighted by Gasteiger charge is -2.04. The number of ether oxygens (including phenoxy) is 1. The van der Waals surface area contributed by atoms with E-state index in [1.165, 1.54) is 6.07 Å². The molecule has 3 N–H and O–H groups in total. The molecule has 2 aromatic carbocycles. The summed E-state index contributed by atoms with van der Waals surface area (Å²) < 4.78 is 10.7. The van der Waals surface area contributed by atoms with Crippen LogP contribution in [0.3, 0.4) is 0 Å². The second-order valence-electron chi connectivity index (χ2n) is 5.21. The topological polar surface area (TPSA) is 129 Å². The van der Waals surface area contributed by atoms with Gasteiger partial charge in [-0.3, -0.25) is 10.1 Å². The van der Waals surface area contributed by atoms with Crippen LogP contribution in [0.15, 0.2) is 40.8 Å². The lowest BCUT2D eigenvalue weighted by molar-refractivity contribution is -0.384. The van der Waals surface area contributed by atoms with Gasteiger partial charge in [0.1, 0.15) is 22.3 Å². The molecule has 0 aliphatic heterocycles. The predicted molar refractivity (Wildman–Crippen MR) is 90.3 cm³/mol. The van der Waals surface area contributed by atoms with Crippen LogP contribution >= 0.6 is 0 Å². The number of esters is 1. The Morgan fingerprint density at radius 2 is 1.96 bits per heavy atom. The van der Waals surface area contributed by atoms with Crippen molar-refractivity contribution in [2.45, 2.75) is 6.92 Å². The fraction of sp³-hybridized carbons (Fsp3) is 0.118. The van der Waals surface area contributed by atoms with Crippen molar-refractivity contribution < 1.29 is 24.0 Å². The van der Waals surface area contributed by atoms with Crippen molar-refractivity contribution >= 4 is 28.3 Å². The SMILES string of the molecule is CCOC(=O)c1c(-c2ccc(N)cc2)oc2ccc(O)c([N+](=O)[O-])c12. The third-order valence-electron chi connectivity index (χ3n) is 3.64. The van der Waals surface area contributed by atoms with Gasteiger partial charge in [-0.1, -0.05) is 0 Å². The van der Waals surface area contributed by atoms with Gasteiger partial charge in [0.05, 0.1) is 11.5 Å². The molecule has 0 fully saturated rings. The Morgan fingerprint density at radius 1 is 1.28 bits per heavy atom. The van der Waals surface area contributed by atoms with E-state index in [2.05, 4.69) is 0 Å². The van der Waals surface area contributed by atoms with Crippen molar-refractivity contribution in [2.75, 3.05) is 12.3 Å². The maximum absolute atomic E-state index is 12.5. The van der Waals surface area contributed by atoms with Crippen LogP contribution in [0.1, 0.15) is 17.3 Å². The first-order valence-corrected chi connectivity index (χ1v) is 7.40. The van der Waals surface area contributed by atoms with Crippen LogP contribution in [-0.4, -0.2) is 22.6 Å². The van der Waals surface area contributed by atoms with Gasteiger partial charge in [-0.25, -0.2) is 4.79 Å². The molecule has 0 saturated carbocycles. The minimum atomic E-state index is -0.776.